The third kappa shape index (κ3) is 4.33. The highest BCUT2D eigenvalue weighted by Crippen LogP contribution is 2.15. The molecule has 0 N–H and O–H groups in total. The quantitative estimate of drug-likeness (QED) is 0.467. The van der Waals surface area contributed by atoms with Crippen LogP contribution in [0.2, 0.25) is 0 Å². The maximum Gasteiger partial charge on any atom is 0.179 e. The maximum atomic E-state index is 12.0. The van der Waals surface area contributed by atoms with Gasteiger partial charge < -0.3 is 0 Å². The molecule has 2 aromatic rings. The number of carbonyl (C=O) groups excluding carboxylic acids is 1. The second-order valence-corrected chi connectivity index (χ2v) is 5.80. The average molecular weight is 289 g/mol. The molecule has 0 unspecified atom stereocenters. The highest BCUT2D eigenvalue weighted by Gasteiger charge is 2.10. The van der Waals surface area contributed by atoms with E-state index in [0.29, 0.717) is 13.0 Å². The molecule has 0 aliphatic heterocycles. The van der Waals surface area contributed by atoms with Gasteiger partial charge in [0.15, 0.2) is 5.78 Å². The Bertz CT molecular complexity index is 547. The molecule has 2 nitrogen and oxygen atoms in total. The number of hydrogen-bond donors (Lipinski definition) is 0. The van der Waals surface area contributed by atoms with Gasteiger partial charge in [0.2, 0.25) is 0 Å². The molecule has 2 rings (SSSR count). The van der Waals surface area contributed by atoms with E-state index in [9.17, 15) is 4.79 Å². The normalized spacial score (nSPS) is 11.5. The van der Waals surface area contributed by atoms with Crippen molar-refractivity contribution in [1.82, 2.24) is 0 Å². The van der Waals surface area contributed by atoms with Gasteiger partial charge in [0.25, 0.3) is 0 Å². The molecular weight excluding hydrogens is 274 g/mol. The number of aliphatic imine (C=N–C) groups is 1. The van der Waals surface area contributed by atoms with Gasteiger partial charge in [-0.1, -0.05) is 36.4 Å². The lowest BCUT2D eigenvalue weighted by Crippen LogP contribution is -2.04. The second-order valence-electron chi connectivity index (χ2n) is 3.98. The Morgan fingerprint density at radius 2 is 2.00 bits per heavy atom. The molecule has 0 aliphatic carbocycles. The van der Waals surface area contributed by atoms with Gasteiger partial charge in [0.05, 0.1) is 22.9 Å². The molecule has 0 spiro atoms. The number of thioether (sulfide) groups is 1. The van der Waals surface area contributed by atoms with Gasteiger partial charge in [-0.15, -0.1) is 23.1 Å². The van der Waals surface area contributed by atoms with Crippen LogP contribution in [0.15, 0.2) is 52.8 Å². The fourth-order valence-electron chi connectivity index (χ4n) is 1.62. The summed E-state index contributed by atoms with van der Waals surface area (Å²) in [5.74, 6) is 0.149. The minimum atomic E-state index is 0.149. The largest absolute Gasteiger partial charge is 0.293 e. The van der Waals surface area contributed by atoms with Gasteiger partial charge in [-0.25, -0.2) is 0 Å². The van der Waals surface area contributed by atoms with Gasteiger partial charge in [0, 0.05) is 0 Å². The summed E-state index contributed by atoms with van der Waals surface area (Å²) in [7, 11) is 0. The Morgan fingerprint density at radius 1 is 1.21 bits per heavy atom. The van der Waals surface area contributed by atoms with Crippen molar-refractivity contribution in [1.29, 1.82) is 0 Å². The molecule has 1 aromatic carbocycles. The number of nitrogens with zero attached hydrogens (tertiary/aromatic N) is 1. The van der Waals surface area contributed by atoms with Crippen LogP contribution in [0.4, 0.5) is 0 Å². The van der Waals surface area contributed by atoms with Crippen LogP contribution in [0.3, 0.4) is 0 Å². The van der Waals surface area contributed by atoms with E-state index in [-0.39, 0.29) is 5.78 Å². The Hall–Kier alpha value is -1.39. The van der Waals surface area contributed by atoms with Gasteiger partial charge in [-0.3, -0.25) is 9.79 Å². The molecule has 98 valence electrons. The Kier molecular flexibility index (Phi) is 5.36. The van der Waals surface area contributed by atoms with Crippen LogP contribution in [0.1, 0.15) is 21.7 Å². The van der Waals surface area contributed by atoms with Gasteiger partial charge >= 0.3 is 0 Å². The topological polar surface area (TPSA) is 29.4 Å². The first-order valence-electron chi connectivity index (χ1n) is 5.97. The summed E-state index contributed by atoms with van der Waals surface area (Å²) in [4.78, 5) is 17.3. The van der Waals surface area contributed by atoms with Crippen LogP contribution in [0.5, 0.6) is 0 Å². The molecule has 0 fully saturated rings. The van der Waals surface area contributed by atoms with Crippen molar-refractivity contribution in [2.75, 3.05) is 6.26 Å². The third-order valence-electron chi connectivity index (χ3n) is 2.62. The van der Waals surface area contributed by atoms with E-state index in [0.717, 1.165) is 15.5 Å². The number of rotatable bonds is 5. The fourth-order valence-corrected chi connectivity index (χ4v) is 2.75. The minimum Gasteiger partial charge on any atom is -0.293 e. The van der Waals surface area contributed by atoms with Crippen LogP contribution in [0, 0.1) is 0 Å². The molecule has 0 atom stereocenters. The third-order valence-corrected chi connectivity index (χ3v) is 4.28. The Balaban J connectivity index is 1.98. The van der Waals surface area contributed by atoms with Crippen molar-refractivity contribution in [2.45, 2.75) is 13.0 Å². The van der Waals surface area contributed by atoms with Crippen LogP contribution >= 0.6 is 23.1 Å². The van der Waals surface area contributed by atoms with Crippen molar-refractivity contribution in [2.24, 2.45) is 4.99 Å². The van der Waals surface area contributed by atoms with E-state index in [2.05, 4.69) is 4.99 Å². The number of benzene rings is 1. The standard InChI is InChI=1S/C15H15NOS2/c1-18-15(10-13(17)14-8-5-9-19-14)16-11-12-6-3-2-4-7-12/h2-9H,10-11H2,1H3. The van der Waals surface area contributed by atoms with Crippen molar-refractivity contribution in [3.63, 3.8) is 0 Å². The zero-order valence-corrected chi connectivity index (χ0v) is 12.3. The molecule has 0 amide bonds. The lowest BCUT2D eigenvalue weighted by molar-refractivity contribution is 0.100. The highest BCUT2D eigenvalue weighted by atomic mass is 32.2. The average Bonchev–Trinajstić information content (AvgIpc) is 2.98. The van der Waals surface area contributed by atoms with E-state index in [1.165, 1.54) is 11.3 Å². The summed E-state index contributed by atoms with van der Waals surface area (Å²) in [6, 6.07) is 13.8. The van der Waals surface area contributed by atoms with Gasteiger partial charge in [0.1, 0.15) is 0 Å². The zero-order chi connectivity index (χ0) is 13.5. The van der Waals surface area contributed by atoms with Gasteiger partial charge in [-0.2, -0.15) is 0 Å². The first-order valence-corrected chi connectivity index (χ1v) is 8.08. The second kappa shape index (κ2) is 7.26. The SMILES string of the molecule is CSC(CC(=O)c1cccs1)=NCc1ccccc1. The van der Waals surface area contributed by atoms with E-state index in [1.54, 1.807) is 11.8 Å². The number of Topliss-reactive ketones (excluding diaryl/α,β-unsaturated/α-hetero) is 1. The minimum absolute atomic E-state index is 0.149. The predicted molar refractivity (Wildman–Crippen MR) is 84.4 cm³/mol. The van der Waals surface area contributed by atoms with Crippen molar-refractivity contribution in [3.05, 3.63) is 58.3 Å². The monoisotopic (exact) mass is 289 g/mol. The molecular formula is C15H15NOS2. The van der Waals surface area contributed by atoms with Gasteiger partial charge in [-0.05, 0) is 23.3 Å². The molecule has 0 bridgehead atoms. The van der Waals surface area contributed by atoms with E-state index in [1.807, 2.05) is 54.1 Å². The Labute approximate surface area is 121 Å². The van der Waals surface area contributed by atoms with E-state index < -0.39 is 0 Å². The van der Waals surface area contributed by atoms with Crippen LogP contribution in [-0.2, 0) is 6.54 Å². The van der Waals surface area contributed by atoms with Crippen molar-refractivity contribution in [3.8, 4) is 0 Å². The summed E-state index contributed by atoms with van der Waals surface area (Å²) in [5, 5.41) is 2.81. The summed E-state index contributed by atoms with van der Waals surface area (Å²) < 4.78 is 0. The molecule has 0 aliphatic rings. The van der Waals surface area contributed by atoms with Crippen LogP contribution in [0.25, 0.3) is 0 Å². The lowest BCUT2D eigenvalue weighted by atomic mass is 10.2. The lowest BCUT2D eigenvalue weighted by Gasteiger charge is -2.02. The number of carbonyl (C=O) groups is 1. The Morgan fingerprint density at radius 3 is 2.63 bits per heavy atom. The molecule has 19 heavy (non-hydrogen) atoms. The first-order chi connectivity index (χ1) is 9.29. The molecule has 4 heteroatoms. The van der Waals surface area contributed by atoms with Crippen molar-refractivity contribution >= 4 is 33.9 Å². The zero-order valence-electron chi connectivity index (χ0n) is 10.7. The smallest absolute Gasteiger partial charge is 0.179 e. The van der Waals surface area contributed by atoms with Crippen molar-refractivity contribution < 1.29 is 4.79 Å². The number of thiophene rings is 1. The maximum absolute atomic E-state index is 12.0. The summed E-state index contributed by atoms with van der Waals surface area (Å²) in [6.45, 7) is 0.634. The highest BCUT2D eigenvalue weighted by molar-refractivity contribution is 8.13. The molecule has 1 heterocycles. The summed E-state index contributed by atoms with van der Waals surface area (Å²) >= 11 is 3.03. The molecule has 0 saturated heterocycles. The first kappa shape index (κ1) is 14.0. The number of ketones is 1. The van der Waals surface area contributed by atoms with Crippen LogP contribution in [-0.4, -0.2) is 17.1 Å². The fraction of sp³-hybridized carbons (Fsp3) is 0.200. The molecule has 0 saturated carbocycles. The summed E-state index contributed by atoms with van der Waals surface area (Å²) in [5.41, 5.74) is 1.16. The number of hydrogen-bond acceptors (Lipinski definition) is 4. The van der Waals surface area contributed by atoms with E-state index in [4.69, 9.17) is 0 Å². The molecule has 1 aromatic heterocycles. The predicted octanol–water partition coefficient (Wildman–Crippen LogP) is 4.28. The molecule has 0 radical (unpaired) electrons. The van der Waals surface area contributed by atoms with E-state index >= 15 is 0 Å². The summed E-state index contributed by atoms with van der Waals surface area (Å²) in [6.07, 6.45) is 2.36. The van der Waals surface area contributed by atoms with Crippen LogP contribution < -0.4 is 0 Å².